The second-order valence-electron chi connectivity index (χ2n) is 14.0. The molecule has 0 fully saturated rings. The van der Waals surface area contributed by atoms with Crippen molar-refractivity contribution in [2.24, 2.45) is 11.8 Å². The summed E-state index contributed by atoms with van der Waals surface area (Å²) in [5, 5.41) is 2.82. The summed E-state index contributed by atoms with van der Waals surface area (Å²) in [4.78, 5) is 5.99. The van der Waals surface area contributed by atoms with Crippen LogP contribution in [0.2, 0.25) is 0 Å². The Kier molecular flexibility index (Phi) is 16.1. The first kappa shape index (κ1) is 38.7. The van der Waals surface area contributed by atoms with Crippen LogP contribution in [0.15, 0.2) is 44.0 Å². The van der Waals surface area contributed by atoms with Crippen molar-refractivity contribution in [3.63, 3.8) is 0 Å². The number of benzene rings is 1. The molecule has 0 radical (unpaired) electrons. The summed E-state index contributed by atoms with van der Waals surface area (Å²) >= 11 is 15.8. The minimum Gasteiger partial charge on any atom is -0.140 e. The van der Waals surface area contributed by atoms with Crippen molar-refractivity contribution in [2.45, 2.75) is 143 Å². The van der Waals surface area contributed by atoms with E-state index < -0.39 is 0 Å². The molecule has 0 spiro atoms. The Bertz CT molecular complexity index is 1510. The average molecular weight is 849 g/mol. The fourth-order valence-electron chi connectivity index (χ4n) is 7.41. The van der Waals surface area contributed by atoms with Gasteiger partial charge >= 0.3 is 0 Å². The van der Waals surface area contributed by atoms with Gasteiger partial charge in [0.1, 0.15) is 0 Å². The average Bonchev–Trinajstić information content (AvgIpc) is 3.88. The molecule has 0 saturated heterocycles. The van der Waals surface area contributed by atoms with E-state index >= 15 is 0 Å². The van der Waals surface area contributed by atoms with Gasteiger partial charge in [-0.3, -0.25) is 0 Å². The van der Waals surface area contributed by atoms with E-state index in [1.54, 1.807) is 9.75 Å². The molecule has 0 amide bonds. The first-order chi connectivity index (χ1) is 23.4. The van der Waals surface area contributed by atoms with Gasteiger partial charge in [-0.05, 0) is 92.9 Å². The highest BCUT2D eigenvalue weighted by molar-refractivity contribution is 9.11. The lowest BCUT2D eigenvalue weighted by Gasteiger charge is -2.16. The largest absolute Gasteiger partial charge is 0.140 e. The molecular weight excluding hydrogens is 793 g/mol. The second kappa shape index (κ2) is 19.9. The first-order valence-electron chi connectivity index (χ1n) is 19.0. The number of unbranched alkanes of at least 4 members (excludes halogenated alkanes) is 8. The fraction of sp³-hybridized carbons (Fsp3) is 0.571. The lowest BCUT2D eigenvalue weighted by Crippen LogP contribution is -2.04. The van der Waals surface area contributed by atoms with E-state index in [1.165, 1.54) is 164 Å². The van der Waals surface area contributed by atoms with Gasteiger partial charge in [0.05, 0.1) is 7.57 Å². The van der Waals surface area contributed by atoms with Crippen molar-refractivity contribution in [1.82, 2.24) is 0 Å². The standard InChI is InChI=1S/C42H56Br2S4/c1-5-9-13-15-19-29(17-11-7-3)25-31-21-23-35(45-31)39-33-27-37(43)48-42(33)40(34-28-38(44)47-41(34)39)36-24-22-32(46-36)26-30(18-12-8-4)20-16-14-10-6-2/h21-24,27-30H,5-20,25-26H2,1-4H3. The Morgan fingerprint density at radius 2 is 0.875 bits per heavy atom. The van der Waals surface area contributed by atoms with E-state index in [4.69, 9.17) is 0 Å². The van der Waals surface area contributed by atoms with E-state index in [1.807, 2.05) is 22.7 Å². The van der Waals surface area contributed by atoms with E-state index in [-0.39, 0.29) is 0 Å². The van der Waals surface area contributed by atoms with Crippen LogP contribution in [0.4, 0.5) is 0 Å². The van der Waals surface area contributed by atoms with Crippen molar-refractivity contribution in [3.8, 4) is 20.9 Å². The Morgan fingerprint density at radius 1 is 0.479 bits per heavy atom. The zero-order valence-electron chi connectivity index (χ0n) is 29.7. The number of rotatable bonds is 22. The van der Waals surface area contributed by atoms with Crippen LogP contribution in [0.3, 0.4) is 0 Å². The molecule has 0 aliphatic rings. The highest BCUT2D eigenvalue weighted by atomic mass is 79.9. The van der Waals surface area contributed by atoms with Gasteiger partial charge in [-0.2, -0.15) is 0 Å². The predicted octanol–water partition coefficient (Wildman–Crippen LogP) is 17.7. The first-order valence-corrected chi connectivity index (χ1v) is 23.8. The number of fused-ring (bicyclic) bond motifs is 2. The zero-order valence-corrected chi connectivity index (χ0v) is 36.2. The maximum Gasteiger partial charge on any atom is 0.0711 e. The van der Waals surface area contributed by atoms with E-state index in [2.05, 4.69) is 119 Å². The summed E-state index contributed by atoms with van der Waals surface area (Å²) in [6.45, 7) is 9.32. The third kappa shape index (κ3) is 10.3. The quantitative estimate of drug-likeness (QED) is 0.0609. The minimum atomic E-state index is 0.813. The molecule has 5 aromatic rings. The van der Waals surface area contributed by atoms with Crippen LogP contribution in [0.25, 0.3) is 41.1 Å². The van der Waals surface area contributed by atoms with Crippen molar-refractivity contribution in [2.75, 3.05) is 0 Å². The normalized spacial score (nSPS) is 13.3. The third-order valence-electron chi connectivity index (χ3n) is 10.1. The number of hydrogen-bond donors (Lipinski definition) is 0. The summed E-state index contributed by atoms with van der Waals surface area (Å²) in [5.74, 6) is 1.63. The van der Waals surface area contributed by atoms with E-state index in [0.717, 1.165) is 11.8 Å². The van der Waals surface area contributed by atoms with Gasteiger partial charge in [0, 0.05) is 50.8 Å². The van der Waals surface area contributed by atoms with E-state index in [9.17, 15) is 0 Å². The molecule has 0 aliphatic heterocycles. The molecule has 2 unspecified atom stereocenters. The van der Waals surface area contributed by atoms with Crippen LogP contribution in [0, 0.1) is 11.8 Å². The maximum atomic E-state index is 3.93. The monoisotopic (exact) mass is 846 g/mol. The van der Waals surface area contributed by atoms with Gasteiger partial charge in [-0.25, -0.2) is 0 Å². The van der Waals surface area contributed by atoms with Crippen LogP contribution < -0.4 is 0 Å². The van der Waals surface area contributed by atoms with Gasteiger partial charge in [0.25, 0.3) is 0 Å². The van der Waals surface area contributed by atoms with Crippen LogP contribution in [0.1, 0.15) is 140 Å². The van der Waals surface area contributed by atoms with Crippen molar-refractivity contribution >= 4 is 97.4 Å². The van der Waals surface area contributed by atoms with Gasteiger partial charge in [0.2, 0.25) is 0 Å². The predicted molar refractivity (Wildman–Crippen MR) is 230 cm³/mol. The van der Waals surface area contributed by atoms with Crippen molar-refractivity contribution in [3.05, 3.63) is 53.7 Å². The van der Waals surface area contributed by atoms with Crippen LogP contribution >= 0.6 is 77.2 Å². The lowest BCUT2D eigenvalue weighted by molar-refractivity contribution is 0.412. The molecule has 48 heavy (non-hydrogen) atoms. The molecule has 0 nitrogen and oxygen atoms in total. The minimum absolute atomic E-state index is 0.813. The number of thiophene rings is 4. The Labute approximate surface area is 324 Å². The molecule has 0 bridgehead atoms. The number of halogens is 2. The molecule has 0 aliphatic carbocycles. The zero-order chi connectivity index (χ0) is 33.9. The van der Waals surface area contributed by atoms with Gasteiger partial charge < -0.3 is 0 Å². The fourth-order valence-corrected chi connectivity index (χ4v) is 13.3. The SMILES string of the molecule is CCCCCCC(CCCC)Cc1ccc(-c2c3cc(Br)sc3c(-c3ccc(CC(CCCC)CCCCCC)s3)c3cc(Br)sc23)s1. The molecule has 262 valence electrons. The topological polar surface area (TPSA) is 0 Å². The summed E-state index contributed by atoms with van der Waals surface area (Å²) < 4.78 is 5.31. The Balaban J connectivity index is 1.46. The molecule has 6 heteroatoms. The van der Waals surface area contributed by atoms with E-state index in [0.29, 0.717) is 0 Å². The van der Waals surface area contributed by atoms with Crippen LogP contribution in [-0.4, -0.2) is 0 Å². The third-order valence-corrected chi connectivity index (χ3v) is 15.6. The highest BCUT2D eigenvalue weighted by Gasteiger charge is 2.23. The molecule has 5 rings (SSSR count). The summed E-state index contributed by atoms with van der Waals surface area (Å²) in [7, 11) is 0. The van der Waals surface area contributed by atoms with Crippen molar-refractivity contribution < 1.29 is 0 Å². The maximum absolute atomic E-state index is 3.93. The molecule has 1 aromatic carbocycles. The smallest absolute Gasteiger partial charge is 0.0711 e. The molecule has 4 heterocycles. The van der Waals surface area contributed by atoms with Gasteiger partial charge in [-0.1, -0.05) is 130 Å². The number of hydrogen-bond acceptors (Lipinski definition) is 4. The molecule has 4 aromatic heterocycles. The Hall–Kier alpha value is -0.500. The molecule has 2 atom stereocenters. The van der Waals surface area contributed by atoms with Gasteiger partial charge in [0.15, 0.2) is 0 Å². The molecule has 0 saturated carbocycles. The lowest BCUT2D eigenvalue weighted by atomic mass is 9.92. The van der Waals surface area contributed by atoms with Crippen LogP contribution in [-0.2, 0) is 12.8 Å². The van der Waals surface area contributed by atoms with Crippen molar-refractivity contribution in [1.29, 1.82) is 0 Å². The summed E-state index contributed by atoms with van der Waals surface area (Å²) in [6.07, 6.45) is 24.2. The molecular formula is C42H56Br2S4. The second-order valence-corrected chi connectivity index (χ2v) is 21.2. The van der Waals surface area contributed by atoms with Crippen LogP contribution in [0.5, 0.6) is 0 Å². The van der Waals surface area contributed by atoms with Gasteiger partial charge in [-0.15, -0.1) is 45.3 Å². The summed E-state index contributed by atoms with van der Waals surface area (Å²) in [6, 6.07) is 14.6. The summed E-state index contributed by atoms with van der Waals surface area (Å²) in [5.41, 5.74) is 2.88. The Morgan fingerprint density at radius 3 is 1.27 bits per heavy atom. The molecule has 0 N–H and O–H groups in total. The highest BCUT2D eigenvalue weighted by Crippen LogP contribution is 2.53.